The lowest BCUT2D eigenvalue weighted by molar-refractivity contribution is 0.627. The van der Waals surface area contributed by atoms with E-state index in [-0.39, 0.29) is 5.82 Å². The van der Waals surface area contributed by atoms with Crippen LogP contribution >= 0.6 is 12.2 Å². The summed E-state index contributed by atoms with van der Waals surface area (Å²) in [6.45, 7) is 5.49. The van der Waals surface area contributed by atoms with E-state index in [0.717, 1.165) is 24.7 Å². The van der Waals surface area contributed by atoms with Crippen LogP contribution in [0.25, 0.3) is 0 Å². The maximum absolute atomic E-state index is 12.9. The van der Waals surface area contributed by atoms with Crippen LogP contribution in [-0.2, 0) is 6.54 Å². The average Bonchev–Trinajstić information content (AvgIpc) is 2.74. The van der Waals surface area contributed by atoms with Gasteiger partial charge in [0.25, 0.3) is 0 Å². The highest BCUT2D eigenvalue weighted by Crippen LogP contribution is 2.23. The highest BCUT2D eigenvalue weighted by molar-refractivity contribution is 7.71. The van der Waals surface area contributed by atoms with Gasteiger partial charge in [-0.1, -0.05) is 0 Å². The van der Waals surface area contributed by atoms with Gasteiger partial charge >= 0.3 is 0 Å². The van der Waals surface area contributed by atoms with E-state index < -0.39 is 0 Å². The quantitative estimate of drug-likeness (QED) is 0.863. The molecule has 2 aromatic rings. The zero-order valence-electron chi connectivity index (χ0n) is 10.4. The smallest absolute Gasteiger partial charge is 0.230 e. The van der Waals surface area contributed by atoms with Gasteiger partial charge in [-0.2, -0.15) is 0 Å². The summed E-state index contributed by atoms with van der Waals surface area (Å²) in [7, 11) is 0. The van der Waals surface area contributed by atoms with Gasteiger partial charge in [0.05, 0.1) is 0 Å². The number of aromatic amines is 1. The first kappa shape index (κ1) is 12.8. The van der Waals surface area contributed by atoms with Crippen molar-refractivity contribution in [3.8, 4) is 0 Å². The molecule has 0 unspecified atom stereocenters. The lowest BCUT2D eigenvalue weighted by Crippen LogP contribution is -2.20. The Bertz CT molecular complexity index is 573. The number of hydrogen-bond acceptors (Lipinski definition) is 3. The molecule has 1 aromatic heterocycles. The maximum Gasteiger partial charge on any atom is 0.230 e. The molecule has 0 saturated carbocycles. The normalized spacial score (nSPS) is 10.6. The summed E-state index contributed by atoms with van der Waals surface area (Å²) in [5, 5.41) is 7.02. The Labute approximate surface area is 110 Å². The van der Waals surface area contributed by atoms with Crippen LogP contribution in [-0.4, -0.2) is 21.3 Å². The van der Waals surface area contributed by atoms with Crippen LogP contribution in [0, 0.1) is 10.6 Å². The lowest BCUT2D eigenvalue weighted by atomic mass is 10.3. The van der Waals surface area contributed by atoms with Crippen LogP contribution in [0.2, 0.25) is 0 Å². The van der Waals surface area contributed by atoms with Crippen LogP contribution in [0.15, 0.2) is 24.3 Å². The summed E-state index contributed by atoms with van der Waals surface area (Å²) in [4.78, 5) is 1.98. The van der Waals surface area contributed by atoms with Crippen molar-refractivity contribution in [3.63, 3.8) is 0 Å². The van der Waals surface area contributed by atoms with E-state index in [1.807, 2.05) is 23.3 Å². The molecule has 1 N–H and O–H groups in total. The van der Waals surface area contributed by atoms with Crippen LogP contribution < -0.4 is 4.90 Å². The minimum atomic E-state index is -0.246. The molecule has 0 aliphatic heterocycles. The van der Waals surface area contributed by atoms with Crippen LogP contribution in [0.4, 0.5) is 16.0 Å². The topological polar surface area (TPSA) is 36.9 Å². The molecule has 0 saturated heterocycles. The van der Waals surface area contributed by atoms with E-state index in [1.54, 1.807) is 12.1 Å². The van der Waals surface area contributed by atoms with Gasteiger partial charge in [0.1, 0.15) is 5.82 Å². The van der Waals surface area contributed by atoms with Crippen molar-refractivity contribution in [2.75, 3.05) is 11.4 Å². The third-order valence-electron chi connectivity index (χ3n) is 2.75. The van der Waals surface area contributed by atoms with E-state index in [2.05, 4.69) is 10.2 Å². The first-order valence-electron chi connectivity index (χ1n) is 5.85. The molecule has 0 spiro atoms. The number of rotatable bonds is 4. The third-order valence-corrected chi connectivity index (χ3v) is 3.06. The Hall–Kier alpha value is -1.69. The molecule has 18 heavy (non-hydrogen) atoms. The summed E-state index contributed by atoms with van der Waals surface area (Å²) in [5.41, 5.74) is 0.891. The summed E-state index contributed by atoms with van der Waals surface area (Å²) in [6, 6.07) is 6.35. The second kappa shape index (κ2) is 5.30. The molecule has 0 aliphatic carbocycles. The van der Waals surface area contributed by atoms with E-state index in [9.17, 15) is 4.39 Å². The van der Waals surface area contributed by atoms with Crippen molar-refractivity contribution >= 4 is 23.9 Å². The Balaban J connectivity index is 2.45. The summed E-state index contributed by atoms with van der Waals surface area (Å²) in [5.74, 6) is 0.501. The first-order chi connectivity index (χ1) is 8.67. The number of nitrogens with one attached hydrogen (secondary N) is 1. The zero-order chi connectivity index (χ0) is 13.1. The number of halogens is 1. The predicted molar refractivity (Wildman–Crippen MR) is 72.2 cm³/mol. The highest BCUT2D eigenvalue weighted by atomic mass is 32.1. The second-order valence-electron chi connectivity index (χ2n) is 3.79. The summed E-state index contributed by atoms with van der Waals surface area (Å²) in [6.07, 6.45) is 0. The molecule has 2 rings (SSSR count). The average molecular weight is 266 g/mol. The van der Waals surface area contributed by atoms with Crippen molar-refractivity contribution in [2.45, 2.75) is 20.4 Å². The van der Waals surface area contributed by atoms with E-state index in [0.29, 0.717) is 4.77 Å². The van der Waals surface area contributed by atoms with Gasteiger partial charge in [0, 0.05) is 18.8 Å². The minimum Gasteiger partial charge on any atom is -0.311 e. The van der Waals surface area contributed by atoms with Crippen LogP contribution in [0.3, 0.4) is 0 Å². The van der Waals surface area contributed by atoms with Crippen molar-refractivity contribution < 1.29 is 4.39 Å². The number of nitrogens with zero attached hydrogens (tertiary/aromatic N) is 3. The Morgan fingerprint density at radius 2 is 2.00 bits per heavy atom. The van der Waals surface area contributed by atoms with Gasteiger partial charge in [-0.15, -0.1) is 5.10 Å². The Kier molecular flexibility index (Phi) is 3.76. The van der Waals surface area contributed by atoms with Crippen molar-refractivity contribution in [1.82, 2.24) is 14.8 Å². The molecule has 0 fully saturated rings. The molecule has 0 amide bonds. The SMILES string of the molecule is CCN(c1ccc(F)cc1)c1n[nH]c(=S)n1CC. The van der Waals surface area contributed by atoms with Gasteiger partial charge < -0.3 is 4.90 Å². The zero-order valence-corrected chi connectivity index (χ0v) is 11.2. The molecular formula is C12H15FN4S. The van der Waals surface area contributed by atoms with Gasteiger partial charge in [0.15, 0.2) is 4.77 Å². The number of benzene rings is 1. The predicted octanol–water partition coefficient (Wildman–Crippen LogP) is 3.26. The van der Waals surface area contributed by atoms with E-state index in [1.165, 1.54) is 12.1 Å². The number of H-pyrrole nitrogens is 1. The number of hydrogen-bond donors (Lipinski definition) is 1. The highest BCUT2D eigenvalue weighted by Gasteiger charge is 2.14. The third kappa shape index (κ3) is 2.28. The summed E-state index contributed by atoms with van der Waals surface area (Å²) >= 11 is 5.17. The van der Waals surface area contributed by atoms with Gasteiger partial charge in [-0.25, -0.2) is 9.49 Å². The lowest BCUT2D eigenvalue weighted by Gasteiger charge is -2.21. The van der Waals surface area contributed by atoms with Crippen LogP contribution in [0.5, 0.6) is 0 Å². The van der Waals surface area contributed by atoms with Crippen molar-refractivity contribution in [3.05, 3.63) is 34.9 Å². The van der Waals surface area contributed by atoms with E-state index >= 15 is 0 Å². The first-order valence-corrected chi connectivity index (χ1v) is 6.26. The maximum atomic E-state index is 12.9. The largest absolute Gasteiger partial charge is 0.311 e. The monoisotopic (exact) mass is 266 g/mol. The molecule has 0 bridgehead atoms. The van der Waals surface area contributed by atoms with Crippen molar-refractivity contribution in [1.29, 1.82) is 0 Å². The van der Waals surface area contributed by atoms with Crippen LogP contribution in [0.1, 0.15) is 13.8 Å². The Morgan fingerprint density at radius 3 is 2.56 bits per heavy atom. The van der Waals surface area contributed by atoms with Gasteiger partial charge in [-0.05, 0) is 50.3 Å². The molecule has 6 heteroatoms. The fourth-order valence-electron chi connectivity index (χ4n) is 1.86. The van der Waals surface area contributed by atoms with Crippen molar-refractivity contribution in [2.24, 2.45) is 0 Å². The molecule has 4 nitrogen and oxygen atoms in total. The van der Waals surface area contributed by atoms with Gasteiger partial charge in [-0.3, -0.25) is 4.57 Å². The number of anilines is 2. The molecular weight excluding hydrogens is 251 g/mol. The Morgan fingerprint density at radius 1 is 1.33 bits per heavy atom. The molecule has 0 atom stereocenters. The molecule has 0 aliphatic rings. The van der Waals surface area contributed by atoms with E-state index in [4.69, 9.17) is 12.2 Å². The second-order valence-corrected chi connectivity index (χ2v) is 4.18. The molecule has 96 valence electrons. The standard InChI is InChI=1S/C12H15FN4S/c1-3-16(10-7-5-9(13)6-8-10)11-14-15-12(18)17(11)4-2/h5-8H,3-4H2,1-2H3,(H,15,18). The fourth-order valence-corrected chi connectivity index (χ4v) is 2.12. The molecule has 1 aromatic carbocycles. The number of aromatic nitrogens is 3. The minimum absolute atomic E-state index is 0.246. The van der Waals surface area contributed by atoms with Gasteiger partial charge in [0.2, 0.25) is 5.95 Å². The fraction of sp³-hybridized carbons (Fsp3) is 0.333. The summed E-state index contributed by atoms with van der Waals surface area (Å²) < 4.78 is 15.4. The molecule has 0 radical (unpaired) electrons. The molecule has 1 heterocycles.